The van der Waals surface area contributed by atoms with Crippen molar-refractivity contribution in [2.75, 3.05) is 4.90 Å². The molecule has 0 unspecified atom stereocenters. The fourth-order valence-electron chi connectivity index (χ4n) is 3.25. The van der Waals surface area contributed by atoms with Crippen LogP contribution >= 0.6 is 23.8 Å². The average Bonchev–Trinajstić information content (AvgIpc) is 3.12. The highest BCUT2D eigenvalue weighted by atomic mass is 35.5. The second kappa shape index (κ2) is 8.49. The lowest BCUT2D eigenvalue weighted by atomic mass is 10.1. The molecule has 0 saturated carbocycles. The topological polar surface area (TPSA) is 71.4 Å². The van der Waals surface area contributed by atoms with E-state index in [-0.39, 0.29) is 16.5 Å². The van der Waals surface area contributed by atoms with Crippen LogP contribution in [0.2, 0.25) is 5.02 Å². The maximum absolute atomic E-state index is 13.1. The van der Waals surface area contributed by atoms with Gasteiger partial charge in [-0.05, 0) is 72.9 Å². The molecule has 0 radical (unpaired) electrons. The monoisotopic (exact) mass is 467 g/mol. The summed E-state index contributed by atoms with van der Waals surface area (Å²) in [4.78, 5) is 39.5. The number of halogens is 2. The zero-order chi connectivity index (χ0) is 23.0. The summed E-state index contributed by atoms with van der Waals surface area (Å²) in [6.07, 6.45) is 2.97. The summed E-state index contributed by atoms with van der Waals surface area (Å²) in [6.45, 7) is 0. The minimum absolute atomic E-state index is 0.0430. The summed E-state index contributed by atoms with van der Waals surface area (Å²) in [7, 11) is 1.68. The number of thiocarbonyl (C=S) groups is 1. The van der Waals surface area contributed by atoms with Gasteiger partial charge in [-0.15, -0.1) is 0 Å². The fraction of sp³-hybridized carbons (Fsp3) is 0.0435. The smallest absolute Gasteiger partial charge is 0.270 e. The summed E-state index contributed by atoms with van der Waals surface area (Å²) in [5, 5.41) is 2.96. The van der Waals surface area contributed by atoms with Crippen molar-refractivity contribution in [3.05, 3.63) is 94.0 Å². The molecule has 1 saturated heterocycles. The van der Waals surface area contributed by atoms with Crippen LogP contribution in [0.15, 0.2) is 66.4 Å². The molecule has 32 heavy (non-hydrogen) atoms. The molecule has 2 amide bonds. The Labute approximate surface area is 192 Å². The van der Waals surface area contributed by atoms with Crippen LogP contribution in [0.4, 0.5) is 10.1 Å². The van der Waals surface area contributed by atoms with Gasteiger partial charge in [-0.25, -0.2) is 4.39 Å². The third-order valence-electron chi connectivity index (χ3n) is 4.89. The number of benzene rings is 2. The van der Waals surface area contributed by atoms with Crippen molar-refractivity contribution >= 4 is 58.3 Å². The number of nitrogens with zero attached hydrogens (tertiary/aromatic N) is 2. The van der Waals surface area contributed by atoms with Crippen molar-refractivity contribution in [2.45, 2.75) is 0 Å². The summed E-state index contributed by atoms with van der Waals surface area (Å²) in [5.41, 5.74) is 1.42. The molecule has 9 heteroatoms. The Kier molecular flexibility index (Phi) is 5.73. The molecule has 0 aliphatic carbocycles. The van der Waals surface area contributed by atoms with Crippen LogP contribution in [-0.2, 0) is 16.6 Å². The number of aromatic nitrogens is 1. The average molecular weight is 468 g/mol. The van der Waals surface area contributed by atoms with Crippen LogP contribution in [-0.4, -0.2) is 27.3 Å². The van der Waals surface area contributed by atoms with E-state index in [1.54, 1.807) is 48.1 Å². The van der Waals surface area contributed by atoms with Crippen LogP contribution < -0.4 is 10.2 Å². The van der Waals surface area contributed by atoms with Gasteiger partial charge in [0, 0.05) is 35.1 Å². The fourth-order valence-corrected chi connectivity index (χ4v) is 3.65. The number of nitrogens with one attached hydrogen (secondary N) is 1. The summed E-state index contributed by atoms with van der Waals surface area (Å²) in [6, 6.07) is 13.2. The molecule has 3 aromatic rings. The lowest BCUT2D eigenvalue weighted by molar-refractivity contribution is -0.122. The molecule has 1 aromatic heterocycles. The standard InChI is InChI=1S/C23H15ClFN3O3S/c1-27-12-14(20(29)13-2-6-16(25)7-3-13)10-18(27)11-19-21(30)26-23(32)28(22(19)31)17-8-4-15(24)5-9-17/h2-12H,1H3,(H,26,30,32)/b19-11+. The number of aryl methyl sites for hydroxylation is 1. The number of carbonyl (C=O) groups is 3. The largest absolute Gasteiger partial charge is 0.350 e. The number of anilines is 1. The van der Waals surface area contributed by atoms with Gasteiger partial charge in [0.1, 0.15) is 11.4 Å². The molecular formula is C23H15ClFN3O3S. The van der Waals surface area contributed by atoms with E-state index in [0.717, 1.165) is 0 Å². The Morgan fingerprint density at radius 2 is 1.72 bits per heavy atom. The lowest BCUT2D eigenvalue weighted by Crippen LogP contribution is -2.54. The highest BCUT2D eigenvalue weighted by Gasteiger charge is 2.34. The number of hydrogen-bond acceptors (Lipinski definition) is 4. The number of rotatable bonds is 4. The van der Waals surface area contributed by atoms with Crippen molar-refractivity contribution in [3.63, 3.8) is 0 Å². The minimum Gasteiger partial charge on any atom is -0.350 e. The van der Waals surface area contributed by atoms with E-state index < -0.39 is 17.6 Å². The normalized spacial score (nSPS) is 15.3. The predicted octanol–water partition coefficient (Wildman–Crippen LogP) is 3.88. The van der Waals surface area contributed by atoms with Crippen molar-refractivity contribution in [1.29, 1.82) is 0 Å². The molecule has 1 aliphatic heterocycles. The molecule has 1 aliphatic rings. The van der Waals surface area contributed by atoms with Crippen LogP contribution in [0.25, 0.3) is 6.08 Å². The summed E-state index contributed by atoms with van der Waals surface area (Å²) < 4.78 is 14.8. The first kappa shape index (κ1) is 21.6. The number of hydrogen-bond donors (Lipinski definition) is 1. The van der Waals surface area contributed by atoms with E-state index in [2.05, 4.69) is 5.32 Å². The first-order valence-electron chi connectivity index (χ1n) is 9.38. The molecule has 1 N–H and O–H groups in total. The van der Waals surface area contributed by atoms with Gasteiger partial charge in [0.05, 0.1) is 5.69 Å². The Balaban J connectivity index is 1.68. The van der Waals surface area contributed by atoms with E-state index >= 15 is 0 Å². The Bertz CT molecular complexity index is 1300. The third-order valence-corrected chi connectivity index (χ3v) is 5.43. The highest BCUT2D eigenvalue weighted by molar-refractivity contribution is 7.80. The first-order valence-corrected chi connectivity index (χ1v) is 10.2. The van der Waals surface area contributed by atoms with Crippen LogP contribution in [0, 0.1) is 5.82 Å². The molecule has 2 heterocycles. The highest BCUT2D eigenvalue weighted by Crippen LogP contribution is 2.24. The lowest BCUT2D eigenvalue weighted by Gasteiger charge is -2.28. The van der Waals surface area contributed by atoms with Gasteiger partial charge in [-0.1, -0.05) is 11.6 Å². The van der Waals surface area contributed by atoms with Crippen molar-refractivity contribution in [2.24, 2.45) is 7.05 Å². The number of carbonyl (C=O) groups excluding carboxylic acids is 3. The van der Waals surface area contributed by atoms with Crippen LogP contribution in [0.5, 0.6) is 0 Å². The Morgan fingerprint density at radius 3 is 2.38 bits per heavy atom. The second-order valence-corrected chi connectivity index (χ2v) is 7.86. The Hall–Kier alpha value is -3.62. The van der Waals surface area contributed by atoms with Gasteiger partial charge >= 0.3 is 0 Å². The molecule has 0 bridgehead atoms. The van der Waals surface area contributed by atoms with Gasteiger partial charge in [0.2, 0.25) is 0 Å². The van der Waals surface area contributed by atoms with Gasteiger partial charge in [0.25, 0.3) is 11.8 Å². The number of ketones is 1. The summed E-state index contributed by atoms with van der Waals surface area (Å²) >= 11 is 11.1. The summed E-state index contributed by atoms with van der Waals surface area (Å²) in [5.74, 6) is -2.00. The SMILES string of the molecule is Cn1cc(C(=O)c2ccc(F)cc2)cc1/C=C1\C(=O)NC(=S)N(c2ccc(Cl)cc2)C1=O. The molecule has 1 fully saturated rings. The second-order valence-electron chi connectivity index (χ2n) is 7.03. The Morgan fingerprint density at radius 1 is 1.06 bits per heavy atom. The molecule has 160 valence electrons. The van der Waals surface area contributed by atoms with Crippen LogP contribution in [0.3, 0.4) is 0 Å². The molecule has 0 spiro atoms. The maximum atomic E-state index is 13.1. The van der Waals surface area contributed by atoms with E-state index in [4.69, 9.17) is 23.8 Å². The van der Waals surface area contributed by atoms with Crippen molar-refractivity contribution < 1.29 is 18.8 Å². The van der Waals surface area contributed by atoms with E-state index in [1.807, 2.05) is 0 Å². The third kappa shape index (κ3) is 4.10. The molecule has 2 aromatic carbocycles. The number of amides is 2. The van der Waals surface area contributed by atoms with E-state index in [1.165, 1.54) is 35.2 Å². The zero-order valence-electron chi connectivity index (χ0n) is 16.6. The maximum Gasteiger partial charge on any atom is 0.270 e. The van der Waals surface area contributed by atoms with Crippen LogP contribution in [0.1, 0.15) is 21.6 Å². The van der Waals surface area contributed by atoms with Gasteiger partial charge in [-0.2, -0.15) is 0 Å². The molecular weight excluding hydrogens is 453 g/mol. The van der Waals surface area contributed by atoms with Crippen molar-refractivity contribution in [1.82, 2.24) is 9.88 Å². The minimum atomic E-state index is -0.641. The first-order chi connectivity index (χ1) is 15.2. The molecule has 4 rings (SSSR count). The van der Waals surface area contributed by atoms with Gasteiger partial charge in [0.15, 0.2) is 10.9 Å². The molecule has 0 atom stereocenters. The van der Waals surface area contributed by atoms with Gasteiger partial charge in [-0.3, -0.25) is 24.6 Å². The van der Waals surface area contributed by atoms with E-state index in [9.17, 15) is 18.8 Å². The quantitative estimate of drug-likeness (QED) is 0.273. The van der Waals surface area contributed by atoms with E-state index in [0.29, 0.717) is 27.5 Å². The van der Waals surface area contributed by atoms with Crippen molar-refractivity contribution in [3.8, 4) is 0 Å². The predicted molar refractivity (Wildman–Crippen MR) is 123 cm³/mol. The van der Waals surface area contributed by atoms with Gasteiger partial charge < -0.3 is 4.57 Å². The molecule has 6 nitrogen and oxygen atoms in total. The zero-order valence-corrected chi connectivity index (χ0v) is 18.2.